The first-order chi connectivity index (χ1) is 9.13. The first kappa shape index (κ1) is 13.8. The maximum absolute atomic E-state index is 11.5. The van der Waals surface area contributed by atoms with E-state index in [9.17, 15) is 4.79 Å². The van der Waals surface area contributed by atoms with Gasteiger partial charge in [0.15, 0.2) is 0 Å². The minimum atomic E-state index is -0.320. The van der Waals surface area contributed by atoms with Crippen LogP contribution in [0.2, 0.25) is 0 Å². The number of nitrogen functional groups attached to an aromatic ring is 1. The Morgan fingerprint density at radius 3 is 2.79 bits per heavy atom. The molecule has 2 heterocycles. The van der Waals surface area contributed by atoms with Crippen molar-refractivity contribution < 1.29 is 9.53 Å². The van der Waals surface area contributed by atoms with Crippen molar-refractivity contribution in [3.05, 3.63) is 6.33 Å². The molecule has 19 heavy (non-hydrogen) atoms. The second kappa shape index (κ2) is 6.48. The van der Waals surface area contributed by atoms with Crippen molar-refractivity contribution in [2.75, 3.05) is 52.1 Å². The molecule has 1 saturated heterocycles. The summed E-state index contributed by atoms with van der Waals surface area (Å²) < 4.78 is 6.53. The van der Waals surface area contributed by atoms with E-state index in [2.05, 4.69) is 26.9 Å². The van der Waals surface area contributed by atoms with Gasteiger partial charge < -0.3 is 15.4 Å². The number of nitrogens with two attached hydrogens (primary N) is 1. The fourth-order valence-corrected chi connectivity index (χ4v) is 1.92. The van der Waals surface area contributed by atoms with Crippen LogP contribution in [0.15, 0.2) is 6.33 Å². The van der Waals surface area contributed by atoms with E-state index < -0.39 is 0 Å². The summed E-state index contributed by atoms with van der Waals surface area (Å²) in [5.74, 6) is -0.163. The van der Waals surface area contributed by atoms with Gasteiger partial charge in [-0.05, 0) is 7.05 Å². The normalized spacial score (nSPS) is 17.5. The molecule has 0 spiro atoms. The maximum Gasteiger partial charge on any atom is 0.327 e. The highest BCUT2D eigenvalue weighted by Crippen LogP contribution is 1.98. The molecule has 0 atom stereocenters. The predicted molar refractivity (Wildman–Crippen MR) is 69.3 cm³/mol. The molecule has 0 aliphatic carbocycles. The molecule has 1 fully saturated rings. The minimum Gasteiger partial charge on any atom is -0.463 e. The van der Waals surface area contributed by atoms with Gasteiger partial charge in [0, 0.05) is 32.7 Å². The van der Waals surface area contributed by atoms with Crippen LogP contribution in [0.5, 0.6) is 0 Å². The molecule has 0 amide bonds. The Balaban J connectivity index is 1.61. The van der Waals surface area contributed by atoms with Gasteiger partial charge in [0.2, 0.25) is 5.95 Å². The third kappa shape index (κ3) is 4.49. The van der Waals surface area contributed by atoms with E-state index in [-0.39, 0.29) is 18.5 Å². The highest BCUT2D eigenvalue weighted by Gasteiger charge is 2.14. The van der Waals surface area contributed by atoms with Gasteiger partial charge >= 0.3 is 5.97 Å². The summed E-state index contributed by atoms with van der Waals surface area (Å²) in [6, 6.07) is 0. The lowest BCUT2D eigenvalue weighted by atomic mass is 10.3. The molecule has 8 heteroatoms. The lowest BCUT2D eigenvalue weighted by molar-refractivity contribution is -0.145. The first-order valence-corrected chi connectivity index (χ1v) is 6.35. The number of piperazine rings is 1. The van der Waals surface area contributed by atoms with Gasteiger partial charge in [-0.25, -0.2) is 9.67 Å². The Hall–Kier alpha value is -1.67. The van der Waals surface area contributed by atoms with Crippen molar-refractivity contribution in [1.29, 1.82) is 0 Å². The number of ether oxygens (including phenoxy) is 1. The van der Waals surface area contributed by atoms with Gasteiger partial charge in [-0.1, -0.05) is 0 Å². The Morgan fingerprint density at radius 2 is 2.16 bits per heavy atom. The van der Waals surface area contributed by atoms with Crippen molar-refractivity contribution >= 4 is 11.9 Å². The molecule has 1 aliphatic rings. The van der Waals surface area contributed by atoms with E-state index in [1.165, 1.54) is 11.0 Å². The number of carbonyl (C=O) groups is 1. The number of hydrogen-bond acceptors (Lipinski definition) is 7. The zero-order chi connectivity index (χ0) is 13.7. The molecule has 2 rings (SSSR count). The van der Waals surface area contributed by atoms with Crippen molar-refractivity contribution in [2.45, 2.75) is 6.54 Å². The molecular weight excluding hydrogens is 248 g/mol. The van der Waals surface area contributed by atoms with Gasteiger partial charge in [0.05, 0.1) is 0 Å². The molecule has 1 aromatic heterocycles. The average molecular weight is 268 g/mol. The van der Waals surface area contributed by atoms with Crippen molar-refractivity contribution in [3.63, 3.8) is 0 Å². The predicted octanol–water partition coefficient (Wildman–Crippen LogP) is -1.35. The maximum atomic E-state index is 11.5. The summed E-state index contributed by atoms with van der Waals surface area (Å²) in [6.07, 6.45) is 1.41. The first-order valence-electron chi connectivity index (χ1n) is 6.35. The largest absolute Gasteiger partial charge is 0.463 e. The summed E-state index contributed by atoms with van der Waals surface area (Å²) in [4.78, 5) is 19.9. The number of rotatable bonds is 5. The van der Waals surface area contributed by atoms with Crippen LogP contribution in [-0.4, -0.2) is 76.9 Å². The zero-order valence-electron chi connectivity index (χ0n) is 11.2. The highest BCUT2D eigenvalue weighted by molar-refractivity contribution is 5.69. The highest BCUT2D eigenvalue weighted by atomic mass is 16.5. The van der Waals surface area contributed by atoms with E-state index in [0.717, 1.165) is 32.7 Å². The third-order valence-corrected chi connectivity index (χ3v) is 3.11. The van der Waals surface area contributed by atoms with E-state index in [0.29, 0.717) is 6.61 Å². The number of carbonyl (C=O) groups excluding carboxylic acids is 1. The second-order valence-corrected chi connectivity index (χ2v) is 4.67. The molecular formula is C11H20N6O2. The van der Waals surface area contributed by atoms with Crippen LogP contribution in [0.4, 0.5) is 5.95 Å². The van der Waals surface area contributed by atoms with Crippen molar-refractivity contribution in [1.82, 2.24) is 24.6 Å². The molecule has 1 aromatic rings. The van der Waals surface area contributed by atoms with Gasteiger partial charge in [-0.3, -0.25) is 9.69 Å². The smallest absolute Gasteiger partial charge is 0.327 e. The molecule has 2 N–H and O–H groups in total. The van der Waals surface area contributed by atoms with Gasteiger partial charge in [-0.2, -0.15) is 0 Å². The SMILES string of the molecule is CN1CCN(CCOC(=O)Cn2cnc(N)n2)CC1. The van der Waals surface area contributed by atoms with Crippen LogP contribution < -0.4 is 5.73 Å². The number of likely N-dealkylation sites (N-methyl/N-ethyl adjacent to an activating group) is 1. The number of hydrogen-bond donors (Lipinski definition) is 1. The molecule has 8 nitrogen and oxygen atoms in total. The van der Waals surface area contributed by atoms with Crippen LogP contribution in [0.3, 0.4) is 0 Å². The molecule has 0 saturated carbocycles. The lowest BCUT2D eigenvalue weighted by Gasteiger charge is -2.31. The van der Waals surface area contributed by atoms with Crippen molar-refractivity contribution in [3.8, 4) is 0 Å². The lowest BCUT2D eigenvalue weighted by Crippen LogP contribution is -2.45. The Labute approximate surface area is 112 Å². The van der Waals surface area contributed by atoms with E-state index in [1.54, 1.807) is 0 Å². The number of aromatic nitrogens is 3. The van der Waals surface area contributed by atoms with Crippen LogP contribution in [0.1, 0.15) is 0 Å². The van der Waals surface area contributed by atoms with Crippen LogP contribution in [-0.2, 0) is 16.1 Å². The van der Waals surface area contributed by atoms with E-state index in [4.69, 9.17) is 10.5 Å². The summed E-state index contributed by atoms with van der Waals surface area (Å²) >= 11 is 0. The monoisotopic (exact) mass is 268 g/mol. The van der Waals surface area contributed by atoms with Gasteiger partial charge in [-0.15, -0.1) is 5.10 Å². The van der Waals surface area contributed by atoms with Crippen molar-refractivity contribution in [2.24, 2.45) is 0 Å². The molecule has 106 valence electrons. The van der Waals surface area contributed by atoms with Crippen LogP contribution >= 0.6 is 0 Å². The third-order valence-electron chi connectivity index (χ3n) is 3.11. The van der Waals surface area contributed by atoms with Crippen LogP contribution in [0.25, 0.3) is 0 Å². The number of nitrogens with zero attached hydrogens (tertiary/aromatic N) is 5. The summed E-state index contributed by atoms with van der Waals surface area (Å²) in [7, 11) is 2.11. The van der Waals surface area contributed by atoms with Crippen LogP contribution in [0, 0.1) is 0 Å². The summed E-state index contributed by atoms with van der Waals surface area (Å²) in [6.45, 7) is 5.40. The zero-order valence-corrected chi connectivity index (χ0v) is 11.2. The second-order valence-electron chi connectivity index (χ2n) is 4.67. The van der Waals surface area contributed by atoms with Gasteiger partial charge in [0.25, 0.3) is 0 Å². The summed E-state index contributed by atoms with van der Waals surface area (Å²) in [5, 5.41) is 3.82. The fraction of sp³-hybridized carbons (Fsp3) is 0.727. The molecule has 0 unspecified atom stereocenters. The fourth-order valence-electron chi connectivity index (χ4n) is 1.92. The molecule has 0 radical (unpaired) electrons. The average Bonchev–Trinajstić information content (AvgIpc) is 2.77. The molecule has 0 bridgehead atoms. The molecule has 0 aromatic carbocycles. The van der Waals surface area contributed by atoms with E-state index in [1.807, 2.05) is 0 Å². The standard InChI is InChI=1S/C11H20N6O2/c1-15-2-4-16(5-3-15)6-7-19-10(18)8-17-9-13-11(12)14-17/h9H,2-8H2,1H3,(H2,12,14). The Bertz CT molecular complexity index is 413. The van der Waals surface area contributed by atoms with Gasteiger partial charge in [0.1, 0.15) is 19.5 Å². The quantitative estimate of drug-likeness (QED) is 0.660. The Kier molecular flexibility index (Phi) is 4.69. The number of anilines is 1. The minimum absolute atomic E-state index is 0.0485. The number of esters is 1. The summed E-state index contributed by atoms with van der Waals surface area (Å²) in [5.41, 5.74) is 5.36. The van der Waals surface area contributed by atoms with E-state index >= 15 is 0 Å². The Morgan fingerprint density at radius 1 is 1.42 bits per heavy atom. The molecule has 1 aliphatic heterocycles. The topological polar surface area (TPSA) is 89.5 Å².